The van der Waals surface area contributed by atoms with E-state index in [0.717, 1.165) is 50.5 Å². The summed E-state index contributed by atoms with van der Waals surface area (Å²) in [5, 5.41) is 4.54. The summed E-state index contributed by atoms with van der Waals surface area (Å²) >= 11 is 0. The molecule has 2 aromatic carbocycles. The normalized spacial score (nSPS) is 21.5. The smallest absolute Gasteiger partial charge is 0.416 e. The molecule has 42 heavy (non-hydrogen) atoms. The second-order valence-corrected chi connectivity index (χ2v) is 11.6. The zero-order chi connectivity index (χ0) is 29.4. The van der Waals surface area contributed by atoms with E-state index in [2.05, 4.69) is 10.00 Å². The molecule has 6 rings (SSSR count). The summed E-state index contributed by atoms with van der Waals surface area (Å²) in [6.07, 6.45) is 3.24. The van der Waals surface area contributed by atoms with Crippen LogP contribution in [-0.2, 0) is 10.9 Å². The first-order valence-electron chi connectivity index (χ1n) is 14.8. The van der Waals surface area contributed by atoms with E-state index >= 15 is 0 Å². The van der Waals surface area contributed by atoms with Crippen molar-refractivity contribution in [1.82, 2.24) is 14.7 Å². The Balaban J connectivity index is 1.11. The molecule has 1 aromatic heterocycles. The lowest BCUT2D eigenvalue weighted by Crippen LogP contribution is -2.37. The number of ether oxygens (including phenoxy) is 1. The van der Waals surface area contributed by atoms with Crippen molar-refractivity contribution in [3.8, 4) is 0 Å². The van der Waals surface area contributed by atoms with E-state index in [-0.39, 0.29) is 42.0 Å². The van der Waals surface area contributed by atoms with Crippen LogP contribution in [0.25, 0.3) is 0 Å². The predicted molar refractivity (Wildman–Crippen MR) is 151 cm³/mol. The molecule has 10 heteroatoms. The zero-order valence-electron chi connectivity index (χ0n) is 23.6. The fourth-order valence-electron chi connectivity index (χ4n) is 6.59. The molecule has 0 N–H and O–H groups in total. The summed E-state index contributed by atoms with van der Waals surface area (Å²) < 4.78 is 48.2. The number of amides is 1. The molecule has 1 amide bonds. The van der Waals surface area contributed by atoms with Gasteiger partial charge < -0.3 is 14.5 Å². The predicted octanol–water partition coefficient (Wildman–Crippen LogP) is 6.33. The van der Waals surface area contributed by atoms with Gasteiger partial charge in [0.2, 0.25) is 0 Å². The molecule has 3 aromatic rings. The third-order valence-corrected chi connectivity index (χ3v) is 8.91. The number of rotatable bonds is 7. The molecule has 2 aliphatic heterocycles. The van der Waals surface area contributed by atoms with E-state index in [9.17, 15) is 22.8 Å². The molecule has 0 spiro atoms. The minimum absolute atomic E-state index is 0.0504. The maximum absolute atomic E-state index is 13.8. The molecule has 0 bridgehead atoms. The zero-order valence-corrected chi connectivity index (χ0v) is 23.6. The van der Waals surface area contributed by atoms with Crippen LogP contribution in [0, 0.1) is 5.92 Å². The largest absolute Gasteiger partial charge is 0.462 e. The molecule has 1 saturated carbocycles. The highest BCUT2D eigenvalue weighted by atomic mass is 19.4. The number of anilines is 1. The summed E-state index contributed by atoms with van der Waals surface area (Å²) in [6, 6.07) is 13.3. The molecular weight excluding hydrogens is 545 g/mol. The second-order valence-electron chi connectivity index (χ2n) is 11.6. The Morgan fingerprint density at radius 3 is 2.36 bits per heavy atom. The van der Waals surface area contributed by atoms with Gasteiger partial charge in [-0.15, -0.1) is 0 Å². The van der Waals surface area contributed by atoms with Gasteiger partial charge in [0.05, 0.1) is 35.5 Å². The van der Waals surface area contributed by atoms with Crippen molar-refractivity contribution in [3.63, 3.8) is 0 Å². The van der Waals surface area contributed by atoms with Crippen molar-refractivity contribution < 1.29 is 27.5 Å². The van der Waals surface area contributed by atoms with Crippen molar-refractivity contribution in [2.45, 2.75) is 63.2 Å². The van der Waals surface area contributed by atoms with Crippen LogP contribution in [0.2, 0.25) is 0 Å². The maximum Gasteiger partial charge on any atom is 0.416 e. The summed E-state index contributed by atoms with van der Waals surface area (Å²) in [5.74, 6) is -0.471. The van der Waals surface area contributed by atoms with Crippen LogP contribution in [0.15, 0.2) is 60.9 Å². The van der Waals surface area contributed by atoms with E-state index < -0.39 is 11.7 Å². The fourth-order valence-corrected chi connectivity index (χ4v) is 6.59. The van der Waals surface area contributed by atoms with E-state index in [1.165, 1.54) is 6.07 Å². The third-order valence-electron chi connectivity index (χ3n) is 8.91. The molecule has 0 radical (unpaired) electrons. The molecule has 3 fully saturated rings. The van der Waals surface area contributed by atoms with Gasteiger partial charge in [0.25, 0.3) is 5.91 Å². The average molecular weight is 581 g/mol. The molecule has 1 aliphatic carbocycles. The van der Waals surface area contributed by atoms with Crippen molar-refractivity contribution >= 4 is 17.6 Å². The van der Waals surface area contributed by atoms with Gasteiger partial charge in [-0.1, -0.05) is 18.2 Å². The lowest BCUT2D eigenvalue weighted by Gasteiger charge is -2.33. The maximum atomic E-state index is 13.8. The molecule has 222 valence electrons. The SMILES string of the molecule is CCOC(=O)c1ccc(N2CCC(n3cc(C(=O)N4CC(c5ccccc5C(F)(F)F)CC4C4CC4)cn3)CC2)cc1. The molecular formula is C32H35F3N4O3. The first-order chi connectivity index (χ1) is 20.2. The molecule has 3 aliphatic rings. The Labute approximate surface area is 243 Å². The van der Waals surface area contributed by atoms with E-state index in [1.54, 1.807) is 48.5 Å². The lowest BCUT2D eigenvalue weighted by molar-refractivity contribution is -0.138. The first-order valence-corrected chi connectivity index (χ1v) is 14.8. The van der Waals surface area contributed by atoms with Crippen molar-refractivity contribution in [1.29, 1.82) is 0 Å². The number of esters is 1. The highest BCUT2D eigenvalue weighted by molar-refractivity contribution is 5.94. The van der Waals surface area contributed by atoms with E-state index in [0.29, 0.717) is 30.1 Å². The van der Waals surface area contributed by atoms with E-state index in [4.69, 9.17) is 4.74 Å². The van der Waals surface area contributed by atoms with Crippen molar-refractivity contribution in [2.24, 2.45) is 5.92 Å². The number of alkyl halides is 3. The summed E-state index contributed by atoms with van der Waals surface area (Å²) in [7, 11) is 0. The molecule has 2 saturated heterocycles. The standard InChI is InChI=1S/C32H35F3N4O3/c1-2-42-31(41)22-9-11-25(12-10-22)37-15-13-26(14-16-37)39-20-24(18-36-39)30(40)38-19-23(17-29(38)21-7-8-21)27-5-3-4-6-28(27)32(33,34)35/h3-6,9-12,18,20-21,23,26,29H,2,7-8,13-17,19H2,1H3. The summed E-state index contributed by atoms with van der Waals surface area (Å²) in [4.78, 5) is 29.7. The summed E-state index contributed by atoms with van der Waals surface area (Å²) in [5.41, 5.74) is 1.74. The van der Waals surface area contributed by atoms with Crippen LogP contribution in [0.5, 0.6) is 0 Å². The number of aromatic nitrogens is 2. The number of nitrogens with zero attached hydrogens (tertiary/aromatic N) is 4. The molecule has 3 heterocycles. The fraction of sp³-hybridized carbons (Fsp3) is 0.469. The van der Waals surface area contributed by atoms with Crippen LogP contribution >= 0.6 is 0 Å². The van der Waals surface area contributed by atoms with Crippen LogP contribution in [0.4, 0.5) is 18.9 Å². The van der Waals surface area contributed by atoms with Gasteiger partial charge in [0, 0.05) is 43.5 Å². The van der Waals surface area contributed by atoms with E-state index in [1.807, 2.05) is 16.8 Å². The van der Waals surface area contributed by atoms with Gasteiger partial charge >= 0.3 is 12.1 Å². The molecule has 2 unspecified atom stereocenters. The minimum Gasteiger partial charge on any atom is -0.462 e. The Morgan fingerprint density at radius 2 is 1.69 bits per heavy atom. The van der Waals surface area contributed by atoms with Crippen LogP contribution in [-0.4, -0.2) is 58.8 Å². The number of carbonyl (C=O) groups is 2. The minimum atomic E-state index is -4.42. The van der Waals surface area contributed by atoms with Gasteiger partial charge in [-0.3, -0.25) is 9.48 Å². The summed E-state index contributed by atoms with van der Waals surface area (Å²) in [6.45, 7) is 4.02. The van der Waals surface area contributed by atoms with Crippen LogP contribution < -0.4 is 4.90 Å². The Kier molecular flexibility index (Phi) is 7.72. The number of likely N-dealkylation sites (tertiary alicyclic amines) is 1. The number of hydrogen-bond acceptors (Lipinski definition) is 5. The monoisotopic (exact) mass is 580 g/mol. The molecule has 2 atom stereocenters. The quantitative estimate of drug-likeness (QED) is 0.306. The number of halogens is 3. The van der Waals surface area contributed by atoms with Gasteiger partial charge in [-0.2, -0.15) is 18.3 Å². The van der Waals surface area contributed by atoms with Gasteiger partial charge in [-0.25, -0.2) is 4.79 Å². The second kappa shape index (κ2) is 11.5. The van der Waals surface area contributed by atoms with Crippen LogP contribution in [0.3, 0.4) is 0 Å². The number of carbonyl (C=O) groups excluding carboxylic acids is 2. The average Bonchev–Trinajstić information content (AvgIpc) is 3.55. The van der Waals surface area contributed by atoms with Gasteiger partial charge in [0.15, 0.2) is 0 Å². The highest BCUT2D eigenvalue weighted by Crippen LogP contribution is 2.47. The van der Waals surface area contributed by atoms with Gasteiger partial charge in [-0.05, 0) is 80.8 Å². The third kappa shape index (κ3) is 5.76. The Morgan fingerprint density at radius 1 is 0.976 bits per heavy atom. The first kappa shape index (κ1) is 28.3. The van der Waals surface area contributed by atoms with Gasteiger partial charge in [0.1, 0.15) is 0 Å². The highest BCUT2D eigenvalue weighted by Gasteiger charge is 2.46. The topological polar surface area (TPSA) is 67.7 Å². The lowest BCUT2D eigenvalue weighted by atomic mass is 9.91. The number of hydrogen-bond donors (Lipinski definition) is 0. The molecule has 7 nitrogen and oxygen atoms in total. The van der Waals surface area contributed by atoms with Crippen molar-refractivity contribution in [3.05, 3.63) is 83.2 Å². The Hall–Kier alpha value is -3.82. The van der Waals surface area contributed by atoms with Crippen LogP contribution in [0.1, 0.15) is 82.8 Å². The van der Waals surface area contributed by atoms with Crippen molar-refractivity contribution in [2.75, 3.05) is 31.1 Å². The Bertz CT molecular complexity index is 1430. The number of benzene rings is 2. The number of piperidine rings is 1.